The molecule has 0 atom stereocenters. The normalized spacial score (nSPS) is 19.8. The van der Waals surface area contributed by atoms with Gasteiger partial charge in [0.05, 0.1) is 23.1 Å². The fourth-order valence-corrected chi connectivity index (χ4v) is 3.66. The largest absolute Gasteiger partial charge is 0.493 e. The number of piperazine rings is 1. The molecule has 2 aliphatic heterocycles. The van der Waals surface area contributed by atoms with Crippen LogP contribution in [-0.2, 0) is 9.53 Å². The summed E-state index contributed by atoms with van der Waals surface area (Å²) in [6.45, 7) is 5.54. The summed E-state index contributed by atoms with van der Waals surface area (Å²) in [5.74, 6) is 0.776. The van der Waals surface area contributed by atoms with Crippen LogP contribution in [0.1, 0.15) is 19.3 Å². The van der Waals surface area contributed by atoms with Gasteiger partial charge in [0.25, 0.3) is 0 Å². The van der Waals surface area contributed by atoms with Gasteiger partial charge in [-0.3, -0.25) is 9.69 Å². The Balaban J connectivity index is 1.38. The van der Waals surface area contributed by atoms with Crippen molar-refractivity contribution in [3.8, 4) is 5.75 Å². The minimum Gasteiger partial charge on any atom is -0.493 e. The Morgan fingerprint density at radius 3 is 2.52 bits per heavy atom. The molecule has 0 N–H and O–H groups in total. The Kier molecular flexibility index (Phi) is 6.82. The topological polar surface area (TPSA) is 42.0 Å². The maximum absolute atomic E-state index is 12.4. The summed E-state index contributed by atoms with van der Waals surface area (Å²) in [4.78, 5) is 16.8. The maximum Gasteiger partial charge on any atom is 0.226 e. The van der Waals surface area contributed by atoms with Crippen LogP contribution < -0.4 is 4.74 Å². The molecule has 3 rings (SSSR count). The smallest absolute Gasteiger partial charge is 0.226 e. The summed E-state index contributed by atoms with van der Waals surface area (Å²) in [5, 5.41) is 0.947. The molecule has 7 heteroatoms. The van der Waals surface area contributed by atoms with Crippen LogP contribution in [0, 0.1) is 0 Å². The number of carbonyl (C=O) groups excluding carboxylic acids is 1. The molecule has 0 spiro atoms. The second-order valence-corrected chi connectivity index (χ2v) is 7.25. The molecule has 2 saturated heterocycles. The fraction of sp³-hybridized carbons (Fsp3) is 0.611. The minimum absolute atomic E-state index is 0.145. The van der Waals surface area contributed by atoms with E-state index in [1.54, 1.807) is 18.2 Å². The van der Waals surface area contributed by atoms with Crippen LogP contribution in [0.4, 0.5) is 0 Å². The van der Waals surface area contributed by atoms with Crippen molar-refractivity contribution >= 4 is 29.1 Å². The lowest BCUT2D eigenvalue weighted by Crippen LogP contribution is -2.53. The summed E-state index contributed by atoms with van der Waals surface area (Å²) < 4.78 is 11.0. The van der Waals surface area contributed by atoms with Crippen molar-refractivity contribution in [3.63, 3.8) is 0 Å². The summed E-state index contributed by atoms with van der Waals surface area (Å²) >= 11 is 11.8. The van der Waals surface area contributed by atoms with E-state index in [-0.39, 0.29) is 5.91 Å². The first kappa shape index (κ1) is 18.8. The first-order valence-corrected chi connectivity index (χ1v) is 9.56. The molecule has 0 bridgehead atoms. The molecule has 0 aliphatic carbocycles. The predicted octanol–water partition coefficient (Wildman–Crippen LogP) is 3.09. The maximum atomic E-state index is 12.4. The van der Waals surface area contributed by atoms with Gasteiger partial charge in [0.1, 0.15) is 5.75 Å². The Morgan fingerprint density at radius 1 is 1.12 bits per heavy atom. The summed E-state index contributed by atoms with van der Waals surface area (Å²) in [6, 6.07) is 5.73. The van der Waals surface area contributed by atoms with Gasteiger partial charge in [-0.05, 0) is 25.0 Å². The number of benzene rings is 1. The van der Waals surface area contributed by atoms with Crippen molar-refractivity contribution in [3.05, 3.63) is 28.2 Å². The molecule has 0 radical (unpaired) electrons. The molecule has 0 saturated carbocycles. The lowest BCUT2D eigenvalue weighted by atomic mass is 10.1. The van der Waals surface area contributed by atoms with Crippen molar-refractivity contribution in [2.75, 3.05) is 46.0 Å². The minimum atomic E-state index is 0.145. The molecule has 1 aromatic carbocycles. The Bertz CT molecular complexity index is 586. The van der Waals surface area contributed by atoms with Gasteiger partial charge >= 0.3 is 0 Å². The van der Waals surface area contributed by atoms with Gasteiger partial charge in [0.15, 0.2) is 0 Å². The molecule has 2 fully saturated rings. The summed E-state index contributed by atoms with van der Waals surface area (Å²) in [7, 11) is 0. The number of ether oxygens (including phenoxy) is 2. The lowest BCUT2D eigenvalue weighted by Gasteiger charge is -2.40. The molecule has 25 heavy (non-hydrogen) atoms. The average molecular weight is 387 g/mol. The molecular formula is C18H24Cl2N2O3. The van der Waals surface area contributed by atoms with Gasteiger partial charge in [-0.2, -0.15) is 0 Å². The van der Waals surface area contributed by atoms with Gasteiger partial charge in [-0.25, -0.2) is 0 Å². The summed E-state index contributed by atoms with van der Waals surface area (Å²) in [5.41, 5.74) is 0. The molecule has 2 aliphatic rings. The van der Waals surface area contributed by atoms with Crippen LogP contribution in [-0.4, -0.2) is 67.7 Å². The van der Waals surface area contributed by atoms with Crippen molar-refractivity contribution in [2.45, 2.75) is 25.3 Å². The van der Waals surface area contributed by atoms with E-state index in [1.807, 2.05) is 4.90 Å². The molecule has 1 aromatic rings. The predicted molar refractivity (Wildman–Crippen MR) is 98.6 cm³/mol. The van der Waals surface area contributed by atoms with Crippen molar-refractivity contribution < 1.29 is 14.3 Å². The fourth-order valence-electron chi connectivity index (χ4n) is 3.37. The van der Waals surface area contributed by atoms with Crippen LogP contribution in [0.15, 0.2) is 18.2 Å². The number of carbonyl (C=O) groups is 1. The third-order valence-corrected chi connectivity index (χ3v) is 5.59. The van der Waals surface area contributed by atoms with Crippen molar-refractivity contribution in [1.29, 1.82) is 0 Å². The monoisotopic (exact) mass is 386 g/mol. The van der Waals surface area contributed by atoms with Crippen molar-refractivity contribution in [1.82, 2.24) is 9.80 Å². The molecular weight excluding hydrogens is 363 g/mol. The van der Waals surface area contributed by atoms with Crippen LogP contribution >= 0.6 is 23.2 Å². The zero-order valence-corrected chi connectivity index (χ0v) is 15.8. The SMILES string of the molecule is O=C(CCOc1ccc(Cl)c(Cl)c1)N1CCN(C2CCOCC2)CC1. The highest BCUT2D eigenvalue weighted by Gasteiger charge is 2.27. The third kappa shape index (κ3) is 5.23. The van der Waals surface area contributed by atoms with Gasteiger partial charge in [-0.15, -0.1) is 0 Å². The van der Waals surface area contributed by atoms with E-state index in [0.29, 0.717) is 34.9 Å². The molecule has 138 valence electrons. The highest BCUT2D eigenvalue weighted by atomic mass is 35.5. The number of halogens is 2. The summed E-state index contributed by atoms with van der Waals surface area (Å²) in [6.07, 6.45) is 2.58. The van der Waals surface area contributed by atoms with Crippen LogP contribution in [0.3, 0.4) is 0 Å². The van der Waals surface area contributed by atoms with E-state index < -0.39 is 0 Å². The van der Waals surface area contributed by atoms with Crippen LogP contribution in [0.5, 0.6) is 5.75 Å². The standard InChI is InChI=1S/C18H24Cl2N2O3/c19-16-2-1-15(13-17(16)20)25-12-5-18(23)22-8-6-21(7-9-22)14-3-10-24-11-4-14/h1-2,13-14H,3-12H2. The van der Waals surface area contributed by atoms with Crippen LogP contribution in [0.2, 0.25) is 10.0 Å². The Hall–Kier alpha value is -1.01. The average Bonchev–Trinajstić information content (AvgIpc) is 2.65. The second-order valence-electron chi connectivity index (χ2n) is 6.43. The van der Waals surface area contributed by atoms with Gasteiger partial charge < -0.3 is 14.4 Å². The number of hydrogen-bond donors (Lipinski definition) is 0. The quantitative estimate of drug-likeness (QED) is 0.779. The van der Waals surface area contributed by atoms with Gasteiger partial charge in [-0.1, -0.05) is 23.2 Å². The number of nitrogens with zero attached hydrogens (tertiary/aromatic N) is 2. The highest BCUT2D eigenvalue weighted by Crippen LogP contribution is 2.26. The van der Waals surface area contributed by atoms with E-state index in [0.717, 1.165) is 52.2 Å². The van der Waals surface area contributed by atoms with E-state index in [4.69, 9.17) is 32.7 Å². The second kappa shape index (κ2) is 9.08. The lowest BCUT2D eigenvalue weighted by molar-refractivity contribution is -0.134. The number of rotatable bonds is 5. The van der Waals surface area contributed by atoms with Gasteiger partial charge in [0.2, 0.25) is 5.91 Å². The van der Waals surface area contributed by atoms with E-state index >= 15 is 0 Å². The number of amides is 1. The van der Waals surface area contributed by atoms with E-state index in [1.165, 1.54) is 0 Å². The Labute approximate surface area is 158 Å². The number of hydrogen-bond acceptors (Lipinski definition) is 4. The first-order chi connectivity index (χ1) is 12.1. The molecule has 5 nitrogen and oxygen atoms in total. The molecule has 0 unspecified atom stereocenters. The van der Waals surface area contributed by atoms with E-state index in [9.17, 15) is 4.79 Å². The van der Waals surface area contributed by atoms with E-state index in [2.05, 4.69) is 4.90 Å². The van der Waals surface area contributed by atoms with Gasteiger partial charge in [0, 0.05) is 51.5 Å². The Morgan fingerprint density at radius 2 is 1.84 bits per heavy atom. The molecule has 2 heterocycles. The highest BCUT2D eigenvalue weighted by molar-refractivity contribution is 6.42. The third-order valence-electron chi connectivity index (χ3n) is 4.85. The molecule has 0 aromatic heterocycles. The zero-order chi connectivity index (χ0) is 17.6. The zero-order valence-electron chi connectivity index (χ0n) is 14.3. The molecule has 1 amide bonds. The van der Waals surface area contributed by atoms with Crippen LogP contribution in [0.25, 0.3) is 0 Å². The first-order valence-electron chi connectivity index (χ1n) is 8.81. The van der Waals surface area contributed by atoms with Crippen molar-refractivity contribution in [2.24, 2.45) is 0 Å².